The second-order valence-electron chi connectivity index (χ2n) is 10.2. The van der Waals surface area contributed by atoms with Crippen LogP contribution in [-0.2, 0) is 21.4 Å². The normalized spacial score (nSPS) is 12.1. The molecule has 0 spiro atoms. The van der Waals surface area contributed by atoms with Crippen LogP contribution in [0.3, 0.4) is 0 Å². The topological polar surface area (TPSA) is 100 Å². The van der Waals surface area contributed by atoms with Gasteiger partial charge in [-0.2, -0.15) is 0 Å². The van der Waals surface area contributed by atoms with E-state index in [9.17, 15) is 14.4 Å². The fraction of sp³-hybridized carbons (Fsp3) is 0.258. The van der Waals surface area contributed by atoms with Gasteiger partial charge in [0.2, 0.25) is 0 Å². The third-order valence-corrected chi connectivity index (χ3v) is 6.33. The maximum atomic E-state index is 13.3. The van der Waals surface area contributed by atoms with Crippen molar-refractivity contribution in [1.29, 1.82) is 0 Å². The molecule has 0 aliphatic heterocycles. The minimum absolute atomic E-state index is 0.00822. The van der Waals surface area contributed by atoms with E-state index in [4.69, 9.17) is 4.74 Å². The fourth-order valence-electron chi connectivity index (χ4n) is 4.22. The highest BCUT2D eigenvalue weighted by Gasteiger charge is 2.25. The number of esters is 1. The number of rotatable bonds is 8. The molecule has 4 rings (SSSR count). The number of nitrogens with one attached hydrogen (secondary N) is 3. The Hall–Kier alpha value is -4.39. The number of H-pyrrole nitrogens is 1. The van der Waals surface area contributed by atoms with Crippen molar-refractivity contribution in [3.8, 4) is 0 Å². The molecular weight excluding hydrogens is 478 g/mol. The highest BCUT2D eigenvalue weighted by Crippen LogP contribution is 2.23. The molecule has 0 bridgehead atoms. The number of aromatic nitrogens is 1. The van der Waals surface area contributed by atoms with E-state index in [1.807, 2.05) is 48.5 Å². The van der Waals surface area contributed by atoms with Gasteiger partial charge in [0.05, 0.1) is 17.9 Å². The Balaban J connectivity index is 1.52. The van der Waals surface area contributed by atoms with Crippen molar-refractivity contribution in [3.05, 3.63) is 101 Å². The summed E-state index contributed by atoms with van der Waals surface area (Å²) in [6, 6.07) is 23.2. The molecule has 3 aromatic carbocycles. The van der Waals surface area contributed by atoms with E-state index < -0.39 is 17.9 Å². The first kappa shape index (κ1) is 26.7. The first-order chi connectivity index (χ1) is 18.2. The lowest BCUT2D eigenvalue weighted by atomic mass is 9.86. The van der Waals surface area contributed by atoms with Gasteiger partial charge in [-0.1, -0.05) is 75.4 Å². The number of hydrogen-bond donors (Lipinski definition) is 3. The molecule has 0 saturated heterocycles. The highest BCUT2D eigenvalue weighted by molar-refractivity contribution is 6.10. The molecule has 1 atom stereocenters. The SMILES string of the molecule is CCOC(=O)C(Cc1ccc(C(C)(C)C)cc1)NC(=O)c1ccccc1NC(=O)c1cc2ccccc2[nH]1. The molecule has 196 valence electrons. The summed E-state index contributed by atoms with van der Waals surface area (Å²) < 4.78 is 5.24. The molecular formula is C31H33N3O4. The van der Waals surface area contributed by atoms with Crippen LogP contribution in [0.2, 0.25) is 0 Å². The van der Waals surface area contributed by atoms with Gasteiger partial charge in [-0.05, 0) is 47.7 Å². The van der Waals surface area contributed by atoms with Crippen LogP contribution in [0.25, 0.3) is 10.9 Å². The zero-order valence-electron chi connectivity index (χ0n) is 22.1. The Kier molecular flexibility index (Phi) is 7.96. The minimum atomic E-state index is -0.889. The quantitative estimate of drug-likeness (QED) is 0.267. The highest BCUT2D eigenvalue weighted by atomic mass is 16.5. The van der Waals surface area contributed by atoms with Crippen LogP contribution in [0, 0.1) is 0 Å². The number of ether oxygens (including phenoxy) is 1. The summed E-state index contributed by atoms with van der Waals surface area (Å²) in [6.45, 7) is 8.34. The summed E-state index contributed by atoms with van der Waals surface area (Å²) in [5.41, 5.74) is 3.89. The maximum Gasteiger partial charge on any atom is 0.328 e. The van der Waals surface area contributed by atoms with Gasteiger partial charge in [-0.15, -0.1) is 0 Å². The molecule has 0 aliphatic carbocycles. The summed E-state index contributed by atoms with van der Waals surface area (Å²) in [5.74, 6) is -1.37. The monoisotopic (exact) mass is 511 g/mol. The number of anilines is 1. The molecule has 0 fully saturated rings. The molecule has 4 aromatic rings. The number of fused-ring (bicyclic) bond motifs is 1. The predicted octanol–water partition coefficient (Wildman–Crippen LogP) is 5.62. The molecule has 3 N–H and O–H groups in total. The number of hydrogen-bond acceptors (Lipinski definition) is 4. The number of aromatic amines is 1. The fourth-order valence-corrected chi connectivity index (χ4v) is 4.22. The van der Waals surface area contributed by atoms with Crippen molar-refractivity contribution in [2.24, 2.45) is 0 Å². The van der Waals surface area contributed by atoms with Gasteiger partial charge in [0.1, 0.15) is 11.7 Å². The summed E-state index contributed by atoms with van der Waals surface area (Å²) >= 11 is 0. The van der Waals surface area contributed by atoms with E-state index in [0.29, 0.717) is 11.4 Å². The molecule has 1 aromatic heterocycles. The predicted molar refractivity (Wildman–Crippen MR) is 149 cm³/mol. The summed E-state index contributed by atoms with van der Waals surface area (Å²) in [7, 11) is 0. The summed E-state index contributed by atoms with van der Waals surface area (Å²) in [6.07, 6.45) is 0.276. The minimum Gasteiger partial charge on any atom is -0.464 e. The third-order valence-electron chi connectivity index (χ3n) is 6.33. The van der Waals surface area contributed by atoms with Gasteiger partial charge in [0, 0.05) is 17.3 Å². The van der Waals surface area contributed by atoms with Crippen molar-refractivity contribution in [2.45, 2.75) is 45.6 Å². The first-order valence-electron chi connectivity index (χ1n) is 12.7. The van der Waals surface area contributed by atoms with Crippen LogP contribution < -0.4 is 10.6 Å². The average Bonchev–Trinajstić information content (AvgIpc) is 3.33. The van der Waals surface area contributed by atoms with E-state index in [1.165, 1.54) is 5.56 Å². The van der Waals surface area contributed by atoms with E-state index >= 15 is 0 Å². The Morgan fingerprint density at radius 2 is 1.58 bits per heavy atom. The van der Waals surface area contributed by atoms with Crippen LogP contribution in [0.4, 0.5) is 5.69 Å². The van der Waals surface area contributed by atoms with Gasteiger partial charge in [-0.3, -0.25) is 9.59 Å². The molecule has 38 heavy (non-hydrogen) atoms. The summed E-state index contributed by atoms with van der Waals surface area (Å²) in [5, 5.41) is 6.55. The number of carbonyl (C=O) groups excluding carboxylic acids is 3. The zero-order chi connectivity index (χ0) is 27.3. The van der Waals surface area contributed by atoms with Gasteiger partial charge in [0.15, 0.2) is 0 Å². The van der Waals surface area contributed by atoms with Gasteiger partial charge >= 0.3 is 5.97 Å². The third kappa shape index (κ3) is 6.29. The molecule has 7 heteroatoms. The van der Waals surface area contributed by atoms with E-state index in [0.717, 1.165) is 16.5 Å². The lowest BCUT2D eigenvalue weighted by molar-refractivity contribution is -0.145. The average molecular weight is 512 g/mol. The first-order valence-corrected chi connectivity index (χ1v) is 12.7. The maximum absolute atomic E-state index is 13.3. The van der Waals surface area contributed by atoms with Gasteiger partial charge < -0.3 is 20.4 Å². The Labute approximate surface area is 222 Å². The zero-order valence-corrected chi connectivity index (χ0v) is 22.1. The number of amides is 2. The molecule has 7 nitrogen and oxygen atoms in total. The van der Waals surface area contributed by atoms with Crippen molar-refractivity contribution in [1.82, 2.24) is 10.3 Å². The summed E-state index contributed by atoms with van der Waals surface area (Å²) in [4.78, 5) is 42.2. The Morgan fingerprint density at radius 1 is 0.895 bits per heavy atom. The standard InChI is InChI=1S/C31H33N3O4/c1-5-38-30(37)27(18-20-14-16-22(17-15-20)31(2,3)4)34-28(35)23-11-7-9-13-25(23)33-29(36)26-19-21-10-6-8-12-24(21)32-26/h6-17,19,27,32H,5,18H2,1-4H3,(H,33,36)(H,34,35). The molecule has 0 saturated carbocycles. The second kappa shape index (κ2) is 11.3. The van der Waals surface area contributed by atoms with E-state index in [-0.39, 0.29) is 29.9 Å². The Morgan fingerprint density at radius 3 is 2.26 bits per heavy atom. The van der Waals surface area contributed by atoms with Crippen LogP contribution in [0.1, 0.15) is 59.7 Å². The molecule has 0 radical (unpaired) electrons. The van der Waals surface area contributed by atoms with Crippen LogP contribution in [-0.4, -0.2) is 35.4 Å². The van der Waals surface area contributed by atoms with E-state index in [1.54, 1.807) is 37.3 Å². The number of para-hydroxylation sites is 2. The number of carbonyl (C=O) groups is 3. The molecule has 2 amide bonds. The molecule has 1 unspecified atom stereocenters. The van der Waals surface area contributed by atoms with Crippen molar-refractivity contribution in [3.63, 3.8) is 0 Å². The molecule has 1 heterocycles. The number of benzene rings is 3. The van der Waals surface area contributed by atoms with Crippen molar-refractivity contribution < 1.29 is 19.1 Å². The van der Waals surface area contributed by atoms with Gasteiger partial charge in [-0.25, -0.2) is 4.79 Å². The lowest BCUT2D eigenvalue weighted by Gasteiger charge is -2.21. The lowest BCUT2D eigenvalue weighted by Crippen LogP contribution is -2.43. The van der Waals surface area contributed by atoms with E-state index in [2.05, 4.69) is 36.4 Å². The van der Waals surface area contributed by atoms with Crippen molar-refractivity contribution >= 4 is 34.4 Å². The van der Waals surface area contributed by atoms with Crippen molar-refractivity contribution in [2.75, 3.05) is 11.9 Å². The van der Waals surface area contributed by atoms with Crippen LogP contribution >= 0.6 is 0 Å². The smallest absolute Gasteiger partial charge is 0.328 e. The van der Waals surface area contributed by atoms with Gasteiger partial charge in [0.25, 0.3) is 11.8 Å². The Bertz CT molecular complexity index is 1420. The van der Waals surface area contributed by atoms with Crippen LogP contribution in [0.15, 0.2) is 78.9 Å². The second-order valence-corrected chi connectivity index (χ2v) is 10.2. The largest absolute Gasteiger partial charge is 0.464 e. The molecule has 0 aliphatic rings. The van der Waals surface area contributed by atoms with Crippen LogP contribution in [0.5, 0.6) is 0 Å².